The molecule has 2 aromatic carbocycles. The molecule has 6 heteroatoms. The fraction of sp³-hybridized carbons (Fsp3) is 0.136. The lowest BCUT2D eigenvalue weighted by atomic mass is 9.96. The van der Waals surface area contributed by atoms with Crippen molar-refractivity contribution in [2.75, 3.05) is 5.32 Å². The fourth-order valence-electron chi connectivity index (χ4n) is 3.47. The van der Waals surface area contributed by atoms with E-state index in [2.05, 4.69) is 26.1 Å². The third kappa shape index (κ3) is 3.67. The third-order valence-electron chi connectivity index (χ3n) is 4.68. The number of ether oxygens (including phenoxy) is 1. The summed E-state index contributed by atoms with van der Waals surface area (Å²) in [6, 6.07) is 20.5. The number of anilines is 1. The van der Waals surface area contributed by atoms with Crippen molar-refractivity contribution in [2.45, 2.75) is 19.6 Å². The number of aryl methyl sites for hydroxylation is 1. The van der Waals surface area contributed by atoms with E-state index in [1.807, 2.05) is 49.5 Å². The second-order valence-electron chi connectivity index (χ2n) is 6.51. The van der Waals surface area contributed by atoms with E-state index < -0.39 is 6.61 Å². The first kappa shape index (κ1) is 18.0. The molecule has 2 aromatic heterocycles. The van der Waals surface area contributed by atoms with Crippen LogP contribution in [0, 0.1) is 6.92 Å². The van der Waals surface area contributed by atoms with Gasteiger partial charge in [-0.15, -0.1) is 0 Å². The molecule has 0 aliphatic rings. The number of alkyl halides is 2. The quantitative estimate of drug-likeness (QED) is 0.489. The molecule has 1 atom stereocenters. The Morgan fingerprint density at radius 2 is 1.71 bits per heavy atom. The number of fused-ring (bicyclic) bond motifs is 1. The van der Waals surface area contributed by atoms with Gasteiger partial charge in [0.1, 0.15) is 11.8 Å². The number of benzene rings is 2. The van der Waals surface area contributed by atoms with Gasteiger partial charge >= 0.3 is 6.61 Å². The molecule has 0 saturated carbocycles. The fourth-order valence-corrected chi connectivity index (χ4v) is 3.47. The summed E-state index contributed by atoms with van der Waals surface area (Å²) in [5, 5.41) is 4.64. The molecule has 0 amide bonds. The summed E-state index contributed by atoms with van der Waals surface area (Å²) in [6.07, 6.45) is 1.85. The molecule has 0 saturated heterocycles. The second-order valence-corrected chi connectivity index (χ2v) is 6.51. The molecule has 142 valence electrons. The molecule has 0 spiro atoms. The van der Waals surface area contributed by atoms with Crippen LogP contribution in [0.5, 0.6) is 5.75 Å². The summed E-state index contributed by atoms with van der Waals surface area (Å²) in [4.78, 5) is 6.62. The average molecular weight is 380 g/mol. The first-order valence-corrected chi connectivity index (χ1v) is 8.97. The van der Waals surface area contributed by atoms with E-state index in [0.29, 0.717) is 0 Å². The van der Waals surface area contributed by atoms with Crippen LogP contribution in [0.3, 0.4) is 0 Å². The monoisotopic (exact) mass is 380 g/mol. The van der Waals surface area contributed by atoms with Crippen molar-refractivity contribution in [1.82, 2.24) is 4.98 Å². The van der Waals surface area contributed by atoms with Gasteiger partial charge in [-0.1, -0.05) is 36.4 Å². The molecule has 4 nitrogen and oxygen atoms in total. The van der Waals surface area contributed by atoms with Crippen LogP contribution in [0.15, 0.2) is 72.9 Å². The number of hydrogen-bond donors (Lipinski definition) is 2. The Morgan fingerprint density at radius 1 is 0.964 bits per heavy atom. The van der Waals surface area contributed by atoms with Crippen LogP contribution >= 0.6 is 0 Å². The highest BCUT2D eigenvalue weighted by atomic mass is 19.3. The predicted octanol–water partition coefficient (Wildman–Crippen LogP) is 5.09. The lowest BCUT2D eigenvalue weighted by Gasteiger charge is -2.16. The van der Waals surface area contributed by atoms with Gasteiger partial charge in [0.2, 0.25) is 0 Å². The number of H-pyrrole nitrogens is 2. The van der Waals surface area contributed by atoms with Crippen LogP contribution in [0.2, 0.25) is 0 Å². The minimum atomic E-state index is -2.84. The summed E-state index contributed by atoms with van der Waals surface area (Å²) in [7, 11) is 0. The van der Waals surface area contributed by atoms with Crippen LogP contribution in [-0.2, 0) is 0 Å². The van der Waals surface area contributed by atoms with E-state index >= 15 is 0 Å². The number of aromatic amines is 2. The highest BCUT2D eigenvalue weighted by Crippen LogP contribution is 2.34. The summed E-state index contributed by atoms with van der Waals surface area (Å²) in [5.41, 5.74) is 4.14. The summed E-state index contributed by atoms with van der Waals surface area (Å²) < 4.78 is 29.4. The van der Waals surface area contributed by atoms with Gasteiger partial charge < -0.3 is 9.72 Å². The minimum Gasteiger partial charge on any atom is -0.435 e. The molecular formula is C22H20F2N3O+. The highest BCUT2D eigenvalue weighted by Gasteiger charge is 2.25. The zero-order valence-electron chi connectivity index (χ0n) is 15.2. The van der Waals surface area contributed by atoms with Crippen LogP contribution in [0.1, 0.15) is 22.9 Å². The maximum atomic E-state index is 12.5. The van der Waals surface area contributed by atoms with Gasteiger partial charge in [-0.2, -0.15) is 8.78 Å². The van der Waals surface area contributed by atoms with Gasteiger partial charge in [-0.25, -0.2) is 4.98 Å². The molecular weight excluding hydrogens is 360 g/mol. The molecule has 0 aliphatic heterocycles. The molecule has 0 radical (unpaired) electrons. The number of halogens is 2. The van der Waals surface area contributed by atoms with Gasteiger partial charge in [0.15, 0.2) is 0 Å². The molecule has 28 heavy (non-hydrogen) atoms. The Bertz CT molecular complexity index is 1060. The largest absolute Gasteiger partial charge is 0.435 e. The van der Waals surface area contributed by atoms with Gasteiger partial charge in [0.25, 0.3) is 5.82 Å². The van der Waals surface area contributed by atoms with Crippen molar-refractivity contribution in [2.24, 2.45) is 0 Å². The third-order valence-corrected chi connectivity index (χ3v) is 4.68. The van der Waals surface area contributed by atoms with Gasteiger partial charge in [0.05, 0.1) is 6.20 Å². The molecule has 3 N–H and O–H groups in total. The Kier molecular flexibility index (Phi) is 4.93. The van der Waals surface area contributed by atoms with Crippen LogP contribution in [0.4, 0.5) is 14.6 Å². The van der Waals surface area contributed by atoms with Crippen molar-refractivity contribution >= 4 is 16.7 Å². The number of hydrogen-bond acceptors (Lipinski definition) is 2. The van der Waals surface area contributed by atoms with Crippen LogP contribution < -0.4 is 15.0 Å². The molecule has 4 aromatic rings. The Labute approximate surface area is 161 Å². The number of para-hydroxylation sites is 1. The molecule has 0 bridgehead atoms. The minimum absolute atomic E-state index is 0.138. The van der Waals surface area contributed by atoms with Crippen molar-refractivity contribution in [3.63, 3.8) is 0 Å². The Hall–Kier alpha value is -3.41. The van der Waals surface area contributed by atoms with E-state index in [1.54, 1.807) is 24.3 Å². The van der Waals surface area contributed by atoms with Gasteiger partial charge in [-0.05, 0) is 31.2 Å². The smallest absolute Gasteiger partial charge is 0.387 e. The van der Waals surface area contributed by atoms with Gasteiger partial charge in [0, 0.05) is 33.8 Å². The van der Waals surface area contributed by atoms with Crippen molar-refractivity contribution in [1.29, 1.82) is 0 Å². The Morgan fingerprint density at radius 3 is 2.43 bits per heavy atom. The summed E-state index contributed by atoms with van der Waals surface area (Å²) in [6.45, 7) is -0.804. The standard InChI is InChI=1S/C22H19F2N3O/c1-14-20(17-6-2-3-7-18(17)26-14)21(27-19-8-4-5-13-25-19)15-9-11-16(12-10-15)28-22(23)24/h2-13,21-22,26H,1H3,(H,25,27)/p+1/t21-/m1/s1. The van der Waals surface area contributed by atoms with Crippen molar-refractivity contribution < 1.29 is 18.5 Å². The molecule has 0 fully saturated rings. The molecule has 0 aliphatic carbocycles. The topological polar surface area (TPSA) is 51.2 Å². The van der Waals surface area contributed by atoms with Gasteiger partial charge in [-0.3, -0.25) is 5.32 Å². The summed E-state index contributed by atoms with van der Waals surface area (Å²) >= 11 is 0. The van der Waals surface area contributed by atoms with Crippen molar-refractivity contribution in [3.8, 4) is 5.75 Å². The number of aromatic nitrogens is 2. The normalized spacial score (nSPS) is 12.3. The second kappa shape index (κ2) is 7.68. The Balaban J connectivity index is 1.79. The lowest BCUT2D eigenvalue weighted by molar-refractivity contribution is -0.361. The van der Waals surface area contributed by atoms with E-state index in [-0.39, 0.29) is 11.8 Å². The highest BCUT2D eigenvalue weighted by molar-refractivity contribution is 5.86. The molecule has 2 heterocycles. The maximum absolute atomic E-state index is 12.5. The number of rotatable bonds is 6. The van der Waals surface area contributed by atoms with E-state index in [1.165, 1.54) is 0 Å². The average Bonchev–Trinajstić information content (AvgIpc) is 3.03. The van der Waals surface area contributed by atoms with E-state index in [4.69, 9.17) is 0 Å². The van der Waals surface area contributed by atoms with Crippen LogP contribution in [0.25, 0.3) is 10.9 Å². The number of nitrogens with one attached hydrogen (secondary N) is 3. The summed E-state index contributed by atoms with van der Waals surface area (Å²) in [5.74, 6) is 0.990. The molecule has 4 rings (SSSR count). The SMILES string of the molecule is Cc1[nH]c2ccccc2c1[C@H](Nc1cccc[nH+]1)c1ccc(OC(F)F)cc1. The zero-order valence-corrected chi connectivity index (χ0v) is 15.2. The van der Waals surface area contributed by atoms with E-state index in [0.717, 1.165) is 33.5 Å². The maximum Gasteiger partial charge on any atom is 0.387 e. The lowest BCUT2D eigenvalue weighted by Crippen LogP contribution is -2.19. The van der Waals surface area contributed by atoms with E-state index in [9.17, 15) is 8.78 Å². The first-order valence-electron chi connectivity index (χ1n) is 8.97. The van der Waals surface area contributed by atoms with Crippen molar-refractivity contribution in [3.05, 3.63) is 89.7 Å². The molecule has 0 unspecified atom stereocenters. The zero-order chi connectivity index (χ0) is 19.5. The number of pyridine rings is 1. The van der Waals surface area contributed by atoms with Crippen LogP contribution in [-0.4, -0.2) is 11.6 Å². The first-order chi connectivity index (χ1) is 13.6. The predicted molar refractivity (Wildman–Crippen MR) is 105 cm³/mol.